The van der Waals surface area contributed by atoms with Gasteiger partial charge in [-0.15, -0.1) is 0 Å². The third kappa shape index (κ3) is 15.0. The molecule has 2 unspecified atom stereocenters. The number of esters is 1. The summed E-state index contributed by atoms with van der Waals surface area (Å²) in [5.41, 5.74) is 0. The number of ether oxygens (including phenoxy) is 5. The van der Waals surface area contributed by atoms with Crippen LogP contribution < -0.4 is 0 Å². The molecule has 7 heteroatoms. The highest BCUT2D eigenvalue weighted by Crippen LogP contribution is 2.13. The number of hydrogen-bond donors (Lipinski definition) is 1. The molecule has 2 aliphatic heterocycles. The SMILES string of the molecule is CC(=O)O[C@@H](C)C#CCOC1CCCCO1.C[C@H](O)C#CCOC1CCCCO1. The molecule has 164 valence electrons. The minimum Gasteiger partial charge on any atom is -0.450 e. The van der Waals surface area contributed by atoms with Crippen LogP contribution in [0.1, 0.15) is 59.3 Å². The lowest BCUT2D eigenvalue weighted by Gasteiger charge is -2.21. The van der Waals surface area contributed by atoms with Gasteiger partial charge in [-0.2, -0.15) is 0 Å². The number of hydrogen-bond acceptors (Lipinski definition) is 7. The first-order chi connectivity index (χ1) is 14.0. The Kier molecular flexibility index (Phi) is 14.2. The minimum atomic E-state index is -0.573. The molecule has 2 fully saturated rings. The van der Waals surface area contributed by atoms with E-state index in [9.17, 15) is 4.79 Å². The zero-order valence-electron chi connectivity index (χ0n) is 17.8. The highest BCUT2D eigenvalue weighted by Gasteiger charge is 2.13. The van der Waals surface area contributed by atoms with Gasteiger partial charge in [0.15, 0.2) is 18.7 Å². The van der Waals surface area contributed by atoms with Crippen molar-refractivity contribution in [1.82, 2.24) is 0 Å². The number of carbonyl (C=O) groups is 1. The maximum atomic E-state index is 10.6. The van der Waals surface area contributed by atoms with Gasteiger partial charge in [0.05, 0.1) is 0 Å². The second kappa shape index (κ2) is 16.2. The van der Waals surface area contributed by atoms with E-state index in [2.05, 4.69) is 23.7 Å². The fourth-order valence-electron chi connectivity index (χ4n) is 2.61. The van der Waals surface area contributed by atoms with Crippen molar-refractivity contribution in [1.29, 1.82) is 0 Å². The monoisotopic (exact) mass is 410 g/mol. The zero-order valence-corrected chi connectivity index (χ0v) is 17.8. The maximum Gasteiger partial charge on any atom is 0.303 e. The minimum absolute atomic E-state index is 0.0861. The number of aliphatic hydroxyl groups is 1. The van der Waals surface area contributed by atoms with Crippen molar-refractivity contribution in [2.75, 3.05) is 26.4 Å². The summed E-state index contributed by atoms with van der Waals surface area (Å²) in [5.74, 6) is 10.6. The smallest absolute Gasteiger partial charge is 0.303 e. The highest BCUT2D eigenvalue weighted by molar-refractivity contribution is 5.66. The van der Waals surface area contributed by atoms with Gasteiger partial charge in [-0.05, 0) is 52.4 Å². The first-order valence-corrected chi connectivity index (χ1v) is 10.3. The predicted octanol–water partition coefficient (Wildman–Crippen LogP) is 2.40. The lowest BCUT2D eigenvalue weighted by molar-refractivity contribution is -0.154. The van der Waals surface area contributed by atoms with Crippen LogP contribution in [-0.4, -0.2) is 62.3 Å². The van der Waals surface area contributed by atoms with Gasteiger partial charge in [-0.25, -0.2) is 0 Å². The predicted molar refractivity (Wildman–Crippen MR) is 108 cm³/mol. The molecular weight excluding hydrogens is 376 g/mol. The van der Waals surface area contributed by atoms with Crippen LogP contribution in [0.5, 0.6) is 0 Å². The topological polar surface area (TPSA) is 83.5 Å². The molecule has 0 saturated carbocycles. The lowest BCUT2D eigenvalue weighted by atomic mass is 10.2. The van der Waals surface area contributed by atoms with E-state index in [-0.39, 0.29) is 24.7 Å². The van der Waals surface area contributed by atoms with Crippen LogP contribution in [0.25, 0.3) is 0 Å². The summed E-state index contributed by atoms with van der Waals surface area (Å²) in [5, 5.41) is 8.83. The second-order valence-corrected chi connectivity index (χ2v) is 6.78. The molecule has 0 spiro atoms. The van der Waals surface area contributed by atoms with Gasteiger partial charge in [0.2, 0.25) is 0 Å². The molecule has 0 radical (unpaired) electrons. The van der Waals surface area contributed by atoms with Crippen LogP contribution in [0.15, 0.2) is 0 Å². The van der Waals surface area contributed by atoms with E-state index in [4.69, 9.17) is 28.8 Å². The fourth-order valence-corrected chi connectivity index (χ4v) is 2.61. The van der Waals surface area contributed by atoms with E-state index in [1.165, 1.54) is 6.92 Å². The fraction of sp³-hybridized carbons (Fsp3) is 0.773. The average molecular weight is 411 g/mol. The average Bonchev–Trinajstić information content (AvgIpc) is 2.70. The van der Waals surface area contributed by atoms with Gasteiger partial charge in [0, 0.05) is 20.1 Å². The Hall–Kier alpha value is -1.61. The van der Waals surface area contributed by atoms with Gasteiger partial charge < -0.3 is 28.8 Å². The van der Waals surface area contributed by atoms with Gasteiger partial charge in [0.25, 0.3) is 0 Å². The van der Waals surface area contributed by atoms with Crippen molar-refractivity contribution in [3.8, 4) is 23.7 Å². The summed E-state index contributed by atoms with van der Waals surface area (Å²) in [6.07, 6.45) is 5.26. The molecule has 29 heavy (non-hydrogen) atoms. The highest BCUT2D eigenvalue weighted by atomic mass is 16.7. The quantitative estimate of drug-likeness (QED) is 0.550. The van der Waals surface area contributed by atoms with E-state index in [0.29, 0.717) is 13.2 Å². The van der Waals surface area contributed by atoms with E-state index < -0.39 is 6.10 Å². The molecule has 2 rings (SSSR count). The van der Waals surface area contributed by atoms with Crippen molar-refractivity contribution in [3.05, 3.63) is 0 Å². The van der Waals surface area contributed by atoms with Gasteiger partial charge >= 0.3 is 5.97 Å². The van der Waals surface area contributed by atoms with E-state index in [1.54, 1.807) is 13.8 Å². The van der Waals surface area contributed by atoms with Crippen molar-refractivity contribution >= 4 is 5.97 Å². The number of carbonyl (C=O) groups excluding carboxylic acids is 1. The Morgan fingerprint density at radius 2 is 1.48 bits per heavy atom. The van der Waals surface area contributed by atoms with Crippen LogP contribution in [0.3, 0.4) is 0 Å². The zero-order chi connectivity index (χ0) is 21.3. The van der Waals surface area contributed by atoms with Crippen LogP contribution in [-0.2, 0) is 28.5 Å². The normalized spacial score (nSPS) is 23.0. The van der Waals surface area contributed by atoms with Crippen LogP contribution in [0, 0.1) is 23.7 Å². The summed E-state index contributed by atoms with van der Waals surface area (Å²) in [6.45, 7) is 6.93. The second-order valence-electron chi connectivity index (χ2n) is 6.78. The Balaban J connectivity index is 0.000000296. The number of aliphatic hydroxyl groups excluding tert-OH is 1. The van der Waals surface area contributed by atoms with Gasteiger partial charge in [-0.3, -0.25) is 4.79 Å². The summed E-state index contributed by atoms with van der Waals surface area (Å²) >= 11 is 0. The molecule has 0 aliphatic carbocycles. The van der Waals surface area contributed by atoms with Crippen LogP contribution in [0.4, 0.5) is 0 Å². The van der Waals surface area contributed by atoms with Crippen LogP contribution >= 0.6 is 0 Å². The molecular formula is C22H34O7. The molecule has 0 aromatic heterocycles. The summed E-state index contributed by atoms with van der Waals surface area (Å²) in [6, 6.07) is 0. The van der Waals surface area contributed by atoms with Gasteiger partial charge in [0.1, 0.15) is 19.3 Å². The van der Waals surface area contributed by atoms with E-state index in [1.807, 2.05) is 0 Å². The van der Waals surface area contributed by atoms with E-state index >= 15 is 0 Å². The summed E-state index contributed by atoms with van der Waals surface area (Å²) < 4.78 is 26.3. The molecule has 1 N–H and O–H groups in total. The van der Waals surface area contributed by atoms with Gasteiger partial charge in [-0.1, -0.05) is 23.7 Å². The molecule has 2 heterocycles. The maximum absolute atomic E-state index is 10.6. The number of rotatable bonds is 5. The molecule has 4 atom stereocenters. The molecule has 2 aliphatic rings. The Labute approximate surface area is 174 Å². The van der Waals surface area contributed by atoms with Crippen LogP contribution in [0.2, 0.25) is 0 Å². The third-order valence-corrected chi connectivity index (χ3v) is 3.92. The standard InChI is InChI=1S/C12H18O4.C10H16O3/c1-10(16-11(2)13)6-5-9-15-12-7-3-4-8-14-12;1-9(11)5-4-8-13-10-6-2-3-7-12-10/h10,12H,3-4,7-9H2,1-2H3;9-11H,2-3,6-8H2,1H3/t10-,12?;9-,10?/m00/s1. The lowest BCUT2D eigenvalue weighted by Crippen LogP contribution is -2.22. The molecule has 0 bridgehead atoms. The summed E-state index contributed by atoms with van der Waals surface area (Å²) in [4.78, 5) is 10.6. The van der Waals surface area contributed by atoms with Crippen molar-refractivity contribution in [2.45, 2.75) is 84.1 Å². The first kappa shape index (κ1) is 25.4. The van der Waals surface area contributed by atoms with E-state index in [0.717, 1.165) is 51.7 Å². The molecule has 0 amide bonds. The van der Waals surface area contributed by atoms with Crippen molar-refractivity contribution in [2.24, 2.45) is 0 Å². The Morgan fingerprint density at radius 1 is 0.966 bits per heavy atom. The van der Waals surface area contributed by atoms with Crippen molar-refractivity contribution < 1.29 is 33.6 Å². The molecule has 0 aromatic carbocycles. The summed E-state index contributed by atoms with van der Waals surface area (Å²) in [7, 11) is 0. The third-order valence-electron chi connectivity index (χ3n) is 3.92. The molecule has 7 nitrogen and oxygen atoms in total. The Bertz CT molecular complexity index is 555. The largest absolute Gasteiger partial charge is 0.450 e. The van der Waals surface area contributed by atoms with Crippen molar-refractivity contribution in [3.63, 3.8) is 0 Å². The Morgan fingerprint density at radius 3 is 1.90 bits per heavy atom. The molecule has 2 saturated heterocycles. The molecule has 0 aromatic rings. The first-order valence-electron chi connectivity index (χ1n) is 10.3.